The van der Waals surface area contributed by atoms with Crippen molar-refractivity contribution in [1.82, 2.24) is 4.98 Å². The third kappa shape index (κ3) is 5.38. The SMILES string of the molecule is CCO/[P+]([O-])=C(\O)c1cccc(CP(=O)(O)OCC)n1. The van der Waals surface area contributed by atoms with Gasteiger partial charge < -0.3 is 19.4 Å². The van der Waals surface area contributed by atoms with Crippen molar-refractivity contribution < 1.29 is 28.5 Å². The number of aliphatic hydroxyl groups is 1. The lowest BCUT2D eigenvalue weighted by Gasteiger charge is -2.10. The Bertz CT molecular complexity index is 533. The van der Waals surface area contributed by atoms with Crippen LogP contribution in [0.5, 0.6) is 0 Å². The van der Waals surface area contributed by atoms with Crippen molar-refractivity contribution in [1.29, 1.82) is 0 Å². The van der Waals surface area contributed by atoms with E-state index in [1.807, 2.05) is 0 Å². The third-order valence-electron chi connectivity index (χ3n) is 2.15. The molecule has 0 saturated heterocycles. The summed E-state index contributed by atoms with van der Waals surface area (Å²) in [6.45, 7) is 3.56. The average Bonchev–Trinajstić information content (AvgIpc) is 2.37. The minimum Gasteiger partial charge on any atom is -0.601 e. The van der Waals surface area contributed by atoms with Crippen LogP contribution < -0.4 is 4.89 Å². The van der Waals surface area contributed by atoms with E-state index in [1.54, 1.807) is 13.8 Å². The second-order valence-electron chi connectivity index (χ2n) is 3.73. The molecule has 0 spiro atoms. The summed E-state index contributed by atoms with van der Waals surface area (Å²) in [4.78, 5) is 25.0. The fourth-order valence-electron chi connectivity index (χ4n) is 1.42. The molecule has 2 N–H and O–H groups in total. The van der Waals surface area contributed by atoms with Crippen LogP contribution >= 0.6 is 15.6 Å². The van der Waals surface area contributed by atoms with E-state index in [9.17, 15) is 19.5 Å². The number of rotatable bonds is 7. The molecule has 0 aliphatic rings. The van der Waals surface area contributed by atoms with E-state index in [1.165, 1.54) is 18.2 Å². The van der Waals surface area contributed by atoms with Gasteiger partial charge >= 0.3 is 13.1 Å². The molecule has 1 rings (SSSR count). The second-order valence-corrected chi connectivity index (χ2v) is 6.77. The highest BCUT2D eigenvalue weighted by molar-refractivity contribution is 7.51. The lowest BCUT2D eigenvalue weighted by atomic mass is 10.3. The zero-order valence-corrected chi connectivity index (χ0v) is 13.0. The molecule has 0 radical (unpaired) electrons. The molecular formula is C11H17NO6P2. The van der Waals surface area contributed by atoms with Gasteiger partial charge in [0.25, 0.3) is 8.00 Å². The van der Waals surface area contributed by atoms with Crippen molar-refractivity contribution in [2.75, 3.05) is 13.2 Å². The molecule has 0 bridgehead atoms. The number of hydrogen-bond acceptors (Lipinski definition) is 5. The predicted molar refractivity (Wildman–Crippen MR) is 74.0 cm³/mol. The first-order chi connectivity index (χ1) is 9.39. The largest absolute Gasteiger partial charge is 0.601 e. The summed E-state index contributed by atoms with van der Waals surface area (Å²) in [5.41, 5.74) is -0.185. The Kier molecular flexibility index (Phi) is 6.92. The van der Waals surface area contributed by atoms with Crippen LogP contribution in [0.15, 0.2) is 18.2 Å². The van der Waals surface area contributed by atoms with Crippen molar-refractivity contribution in [3.8, 4) is 0 Å². The predicted octanol–water partition coefficient (Wildman–Crippen LogP) is 1.36. The van der Waals surface area contributed by atoms with Gasteiger partial charge in [0.05, 0.1) is 25.1 Å². The van der Waals surface area contributed by atoms with E-state index in [2.05, 4.69) is 4.98 Å². The van der Waals surface area contributed by atoms with Gasteiger partial charge in [0.1, 0.15) is 5.69 Å². The smallest absolute Gasteiger partial charge is 0.334 e. The number of nitrogens with zero attached hydrogens (tertiary/aromatic N) is 1. The number of pyridine rings is 1. The maximum Gasteiger partial charge on any atom is 0.334 e. The van der Waals surface area contributed by atoms with Crippen LogP contribution in [0, 0.1) is 0 Å². The van der Waals surface area contributed by atoms with Gasteiger partial charge in [-0.1, -0.05) is 6.07 Å². The van der Waals surface area contributed by atoms with Crippen molar-refractivity contribution in [3.63, 3.8) is 0 Å². The fourth-order valence-corrected chi connectivity index (χ4v) is 3.16. The molecule has 7 nitrogen and oxygen atoms in total. The van der Waals surface area contributed by atoms with Crippen LogP contribution in [-0.4, -0.2) is 33.7 Å². The minimum absolute atomic E-state index is 0.0496. The van der Waals surface area contributed by atoms with Gasteiger partial charge in [-0.05, 0) is 26.0 Å². The average molecular weight is 321 g/mol. The minimum atomic E-state index is -3.76. The van der Waals surface area contributed by atoms with Crippen molar-refractivity contribution in [3.05, 3.63) is 29.6 Å². The van der Waals surface area contributed by atoms with Crippen LogP contribution in [0.2, 0.25) is 0 Å². The summed E-state index contributed by atoms with van der Waals surface area (Å²) in [6, 6.07) is 4.50. The molecular weight excluding hydrogens is 304 g/mol. The van der Waals surface area contributed by atoms with E-state index in [0.29, 0.717) is 0 Å². The second kappa shape index (κ2) is 7.96. The molecule has 1 aromatic heterocycles. The van der Waals surface area contributed by atoms with E-state index in [-0.39, 0.29) is 30.8 Å². The van der Waals surface area contributed by atoms with Gasteiger partial charge in [-0.2, -0.15) is 4.52 Å². The molecule has 0 aliphatic carbocycles. The topological polar surface area (TPSA) is 112 Å². The quantitative estimate of drug-likeness (QED) is 0.729. The van der Waals surface area contributed by atoms with Crippen LogP contribution in [0.3, 0.4) is 0 Å². The Morgan fingerprint density at radius 3 is 2.75 bits per heavy atom. The normalized spacial score (nSPS) is 15.7. The van der Waals surface area contributed by atoms with Gasteiger partial charge in [-0.3, -0.25) is 4.57 Å². The first-order valence-electron chi connectivity index (χ1n) is 5.98. The van der Waals surface area contributed by atoms with Gasteiger partial charge in [-0.15, -0.1) is 0 Å². The Labute approximate surface area is 118 Å². The van der Waals surface area contributed by atoms with Gasteiger partial charge in [0.15, 0.2) is 0 Å². The molecule has 0 aromatic carbocycles. The van der Waals surface area contributed by atoms with Crippen molar-refractivity contribution >= 4 is 21.1 Å². The Balaban J connectivity index is 2.97. The van der Waals surface area contributed by atoms with Gasteiger partial charge in [0.2, 0.25) is 0 Å². The van der Waals surface area contributed by atoms with Crippen LogP contribution in [0.25, 0.3) is 0 Å². The number of aromatic nitrogens is 1. The summed E-state index contributed by atoms with van der Waals surface area (Å²) in [5, 5.41) is 9.73. The lowest BCUT2D eigenvalue weighted by molar-refractivity contribution is -0.172. The Morgan fingerprint density at radius 2 is 2.15 bits per heavy atom. The maximum atomic E-state index is 11.6. The molecule has 2 atom stereocenters. The van der Waals surface area contributed by atoms with Gasteiger partial charge in [-0.25, -0.2) is 4.98 Å². The molecule has 0 fully saturated rings. The van der Waals surface area contributed by atoms with E-state index >= 15 is 0 Å². The molecule has 1 heterocycles. The first kappa shape index (κ1) is 17.4. The number of aliphatic hydroxyl groups excluding tert-OH is 1. The Hall–Kier alpha value is -0.650. The summed E-state index contributed by atoms with van der Waals surface area (Å²) in [6.07, 6.45) is -0.284. The Morgan fingerprint density at radius 1 is 1.45 bits per heavy atom. The van der Waals surface area contributed by atoms with Crippen LogP contribution in [0.1, 0.15) is 25.2 Å². The molecule has 9 heteroatoms. The lowest BCUT2D eigenvalue weighted by Crippen LogP contribution is -2.09. The molecule has 0 aliphatic heterocycles. The molecule has 0 amide bonds. The first-order valence-corrected chi connectivity index (χ1v) is 8.92. The number of hydrogen-bond donors (Lipinski definition) is 2. The van der Waals surface area contributed by atoms with Crippen molar-refractivity contribution in [2.45, 2.75) is 20.0 Å². The zero-order valence-electron chi connectivity index (χ0n) is 11.2. The van der Waals surface area contributed by atoms with E-state index in [0.717, 1.165) is 0 Å². The third-order valence-corrected chi connectivity index (χ3v) is 4.60. The standard InChI is InChI=1S/C11H17NO6P2/c1-3-17-19(14)11(13)10-7-5-6-9(12-10)8-20(15,16)18-4-2/h5-7,13H,3-4,8H2,1-2H3,(H,15,16). The van der Waals surface area contributed by atoms with E-state index in [4.69, 9.17) is 9.05 Å². The molecule has 112 valence electrons. The highest BCUT2D eigenvalue weighted by Crippen LogP contribution is 2.45. The highest BCUT2D eigenvalue weighted by Gasteiger charge is 2.21. The zero-order chi connectivity index (χ0) is 15.2. The molecule has 1 aromatic rings. The van der Waals surface area contributed by atoms with Gasteiger partial charge in [0, 0.05) is 0 Å². The summed E-state index contributed by atoms with van der Waals surface area (Å²) in [5.74, 6) is 0. The molecule has 20 heavy (non-hydrogen) atoms. The molecule has 2 unspecified atom stereocenters. The fraction of sp³-hybridized carbons (Fsp3) is 0.455. The van der Waals surface area contributed by atoms with Crippen LogP contribution in [-0.2, 0) is 19.8 Å². The summed E-state index contributed by atoms with van der Waals surface area (Å²) in [7, 11) is -6.13. The maximum absolute atomic E-state index is 11.6. The van der Waals surface area contributed by atoms with E-state index < -0.39 is 21.1 Å². The monoisotopic (exact) mass is 321 g/mol. The summed E-state index contributed by atoms with van der Waals surface area (Å²) < 4.78 is 21.2. The highest BCUT2D eigenvalue weighted by atomic mass is 31.2. The molecule has 0 saturated carbocycles. The van der Waals surface area contributed by atoms with Crippen LogP contribution in [0.4, 0.5) is 0 Å². The summed E-state index contributed by atoms with van der Waals surface area (Å²) >= 11 is 0. The van der Waals surface area contributed by atoms with Crippen molar-refractivity contribution in [2.24, 2.45) is 0 Å².